The van der Waals surface area contributed by atoms with Crippen LogP contribution in [-0.4, -0.2) is 20.8 Å². The van der Waals surface area contributed by atoms with Gasteiger partial charge in [-0.05, 0) is 37.9 Å². The molecule has 0 saturated carbocycles. The van der Waals surface area contributed by atoms with Crippen molar-refractivity contribution < 1.29 is 9.13 Å². The highest BCUT2D eigenvalue weighted by atomic mass is 19.1. The summed E-state index contributed by atoms with van der Waals surface area (Å²) in [6.45, 7) is 4.71. The number of halogens is 1. The van der Waals surface area contributed by atoms with Gasteiger partial charge in [-0.2, -0.15) is 0 Å². The number of ether oxygens (including phenoxy) is 1. The van der Waals surface area contributed by atoms with Crippen LogP contribution in [0.5, 0.6) is 0 Å². The third-order valence-corrected chi connectivity index (χ3v) is 3.15. The van der Waals surface area contributed by atoms with Crippen LogP contribution in [-0.2, 0) is 4.74 Å². The number of aryl methyl sites for hydroxylation is 1. The Balaban J connectivity index is 2.85. The Morgan fingerprint density at radius 2 is 2.12 bits per heavy atom. The molecule has 0 heterocycles. The number of hydrogen-bond donors (Lipinski definition) is 1. The first kappa shape index (κ1) is 14.1. The normalized spacial score (nSPS) is 14.6. The van der Waals surface area contributed by atoms with Crippen LogP contribution in [0.1, 0.15) is 30.5 Å². The lowest BCUT2D eigenvalue weighted by molar-refractivity contribution is 0.171. The second-order valence-corrected chi connectivity index (χ2v) is 4.55. The van der Waals surface area contributed by atoms with E-state index in [0.717, 1.165) is 17.5 Å². The smallest absolute Gasteiger partial charge is 0.128 e. The number of benzene rings is 1. The van der Waals surface area contributed by atoms with Crippen LogP contribution in [0.25, 0.3) is 0 Å². The summed E-state index contributed by atoms with van der Waals surface area (Å²) in [5.74, 6) is 0.200. The van der Waals surface area contributed by atoms with Gasteiger partial charge in [-0.1, -0.05) is 19.1 Å². The van der Waals surface area contributed by atoms with Crippen molar-refractivity contribution in [3.8, 4) is 0 Å². The van der Waals surface area contributed by atoms with Crippen LogP contribution in [0, 0.1) is 18.7 Å². The molecule has 0 saturated heterocycles. The molecule has 96 valence electrons. The van der Waals surface area contributed by atoms with Crippen molar-refractivity contribution in [2.45, 2.75) is 26.3 Å². The average molecular weight is 239 g/mol. The lowest BCUT2D eigenvalue weighted by Gasteiger charge is -2.24. The Morgan fingerprint density at radius 3 is 2.65 bits per heavy atom. The predicted molar refractivity (Wildman–Crippen MR) is 68.6 cm³/mol. The number of rotatable bonds is 6. The zero-order chi connectivity index (χ0) is 12.8. The Labute approximate surface area is 103 Å². The SMILES string of the molecule is CNC(c1ccc(C)cc1F)C(C)CCOC. The third-order valence-electron chi connectivity index (χ3n) is 3.15. The fraction of sp³-hybridized carbons (Fsp3) is 0.571. The van der Waals surface area contributed by atoms with Crippen molar-refractivity contribution in [2.75, 3.05) is 20.8 Å². The second-order valence-electron chi connectivity index (χ2n) is 4.55. The zero-order valence-electron chi connectivity index (χ0n) is 11.1. The maximum atomic E-state index is 13.9. The van der Waals surface area contributed by atoms with Crippen LogP contribution in [0.3, 0.4) is 0 Å². The molecule has 2 nitrogen and oxygen atoms in total. The third kappa shape index (κ3) is 3.79. The van der Waals surface area contributed by atoms with Gasteiger partial charge < -0.3 is 10.1 Å². The van der Waals surface area contributed by atoms with Crippen molar-refractivity contribution in [3.05, 3.63) is 35.1 Å². The molecular weight excluding hydrogens is 217 g/mol. The summed E-state index contributed by atoms with van der Waals surface area (Å²) in [6, 6.07) is 5.44. The van der Waals surface area contributed by atoms with E-state index >= 15 is 0 Å². The molecule has 0 spiro atoms. The molecule has 17 heavy (non-hydrogen) atoms. The lowest BCUT2D eigenvalue weighted by Crippen LogP contribution is -2.25. The molecule has 0 amide bonds. The molecule has 2 unspecified atom stereocenters. The molecule has 0 aromatic heterocycles. The minimum Gasteiger partial charge on any atom is -0.385 e. The highest BCUT2D eigenvalue weighted by Gasteiger charge is 2.20. The molecule has 1 rings (SSSR count). The van der Waals surface area contributed by atoms with Crippen molar-refractivity contribution in [1.82, 2.24) is 5.32 Å². The van der Waals surface area contributed by atoms with E-state index in [1.54, 1.807) is 13.2 Å². The summed E-state index contributed by atoms with van der Waals surface area (Å²) in [5.41, 5.74) is 1.69. The molecule has 0 fully saturated rings. The molecule has 0 aliphatic carbocycles. The summed E-state index contributed by atoms with van der Waals surface area (Å²) >= 11 is 0. The van der Waals surface area contributed by atoms with E-state index in [4.69, 9.17) is 4.74 Å². The minimum absolute atomic E-state index is 0.0331. The first-order valence-electron chi connectivity index (χ1n) is 6.02. The summed E-state index contributed by atoms with van der Waals surface area (Å²) in [7, 11) is 3.56. The number of methoxy groups -OCH3 is 1. The van der Waals surface area contributed by atoms with E-state index in [0.29, 0.717) is 12.5 Å². The topological polar surface area (TPSA) is 21.3 Å². The van der Waals surface area contributed by atoms with Crippen molar-refractivity contribution in [3.63, 3.8) is 0 Å². The van der Waals surface area contributed by atoms with Gasteiger partial charge in [0.25, 0.3) is 0 Å². The van der Waals surface area contributed by atoms with Crippen LogP contribution >= 0.6 is 0 Å². The van der Waals surface area contributed by atoms with Gasteiger partial charge in [0.2, 0.25) is 0 Å². The van der Waals surface area contributed by atoms with Gasteiger partial charge in [0.15, 0.2) is 0 Å². The van der Waals surface area contributed by atoms with Gasteiger partial charge in [-0.25, -0.2) is 4.39 Å². The summed E-state index contributed by atoms with van der Waals surface area (Å²) < 4.78 is 19.0. The zero-order valence-corrected chi connectivity index (χ0v) is 11.1. The highest BCUT2D eigenvalue weighted by molar-refractivity contribution is 5.26. The number of hydrogen-bond acceptors (Lipinski definition) is 2. The second kappa shape index (κ2) is 6.72. The average Bonchev–Trinajstić information content (AvgIpc) is 2.30. The maximum absolute atomic E-state index is 13.9. The fourth-order valence-electron chi connectivity index (χ4n) is 2.10. The Hall–Kier alpha value is -0.930. The summed E-state index contributed by atoms with van der Waals surface area (Å²) in [4.78, 5) is 0. The maximum Gasteiger partial charge on any atom is 0.128 e. The largest absolute Gasteiger partial charge is 0.385 e. The molecule has 1 aromatic carbocycles. The molecule has 1 N–H and O–H groups in total. The fourth-order valence-corrected chi connectivity index (χ4v) is 2.10. The molecule has 0 bridgehead atoms. The molecule has 1 aromatic rings. The van der Waals surface area contributed by atoms with Gasteiger partial charge in [0.1, 0.15) is 5.82 Å². The molecule has 3 heteroatoms. The van der Waals surface area contributed by atoms with Gasteiger partial charge in [-0.15, -0.1) is 0 Å². The van der Waals surface area contributed by atoms with E-state index in [2.05, 4.69) is 12.2 Å². The van der Waals surface area contributed by atoms with Gasteiger partial charge in [0.05, 0.1) is 0 Å². The van der Waals surface area contributed by atoms with Gasteiger partial charge in [0, 0.05) is 25.3 Å². The van der Waals surface area contributed by atoms with E-state index in [1.807, 2.05) is 26.1 Å². The van der Waals surface area contributed by atoms with Crippen molar-refractivity contribution in [2.24, 2.45) is 5.92 Å². The van der Waals surface area contributed by atoms with Crippen LogP contribution < -0.4 is 5.32 Å². The first-order valence-corrected chi connectivity index (χ1v) is 6.02. The molecule has 2 atom stereocenters. The molecular formula is C14H22FNO. The Bertz CT molecular complexity index is 354. The standard InChI is InChI=1S/C14H22FNO/c1-10-5-6-12(13(15)9-10)14(16-3)11(2)7-8-17-4/h5-6,9,11,14,16H,7-8H2,1-4H3. The minimum atomic E-state index is -0.131. The van der Waals surface area contributed by atoms with Crippen LogP contribution in [0.15, 0.2) is 18.2 Å². The highest BCUT2D eigenvalue weighted by Crippen LogP contribution is 2.26. The lowest BCUT2D eigenvalue weighted by atomic mass is 9.91. The van der Waals surface area contributed by atoms with Crippen LogP contribution in [0.2, 0.25) is 0 Å². The Morgan fingerprint density at radius 1 is 1.41 bits per heavy atom. The predicted octanol–water partition coefficient (Wildman–Crippen LogP) is 3.07. The quantitative estimate of drug-likeness (QED) is 0.823. The summed E-state index contributed by atoms with van der Waals surface area (Å²) in [6.07, 6.45) is 0.912. The Kier molecular flexibility index (Phi) is 5.59. The number of nitrogens with one attached hydrogen (secondary N) is 1. The van der Waals surface area contributed by atoms with Crippen molar-refractivity contribution in [1.29, 1.82) is 0 Å². The summed E-state index contributed by atoms with van der Waals surface area (Å²) in [5, 5.41) is 3.19. The van der Waals surface area contributed by atoms with E-state index in [9.17, 15) is 4.39 Å². The van der Waals surface area contributed by atoms with Crippen LogP contribution in [0.4, 0.5) is 4.39 Å². The van der Waals surface area contributed by atoms with Gasteiger partial charge in [-0.3, -0.25) is 0 Å². The van der Waals surface area contributed by atoms with E-state index in [-0.39, 0.29) is 11.9 Å². The van der Waals surface area contributed by atoms with E-state index < -0.39 is 0 Å². The van der Waals surface area contributed by atoms with Crippen molar-refractivity contribution >= 4 is 0 Å². The first-order chi connectivity index (χ1) is 8.10. The molecule has 0 radical (unpaired) electrons. The monoisotopic (exact) mass is 239 g/mol. The van der Waals surface area contributed by atoms with E-state index in [1.165, 1.54) is 0 Å². The van der Waals surface area contributed by atoms with Gasteiger partial charge >= 0.3 is 0 Å². The molecule has 0 aliphatic rings. The molecule has 0 aliphatic heterocycles.